The molecule has 23 heavy (non-hydrogen) atoms. The SMILES string of the molecule is COC(=O)[C@H](CS[C@H]1CC(=O)C[C@@H]1OS)NC(=O)OC(C)(C)C. The maximum absolute atomic E-state index is 11.8. The Morgan fingerprint density at radius 3 is 2.57 bits per heavy atom. The molecule has 3 atom stereocenters. The Bertz CT molecular complexity index is 451. The monoisotopic (exact) mass is 365 g/mol. The highest BCUT2D eigenvalue weighted by molar-refractivity contribution is 8.00. The van der Waals surface area contributed by atoms with Crippen LogP contribution in [0, 0.1) is 0 Å². The smallest absolute Gasteiger partial charge is 0.408 e. The fraction of sp³-hybridized carbons (Fsp3) is 0.786. The van der Waals surface area contributed by atoms with Gasteiger partial charge in [0.1, 0.15) is 17.4 Å². The Balaban J connectivity index is 2.60. The lowest BCUT2D eigenvalue weighted by Gasteiger charge is -2.23. The van der Waals surface area contributed by atoms with Crippen LogP contribution in [0.5, 0.6) is 0 Å². The molecule has 0 aliphatic heterocycles. The van der Waals surface area contributed by atoms with Crippen LogP contribution in [0.15, 0.2) is 0 Å². The molecule has 9 heteroatoms. The summed E-state index contributed by atoms with van der Waals surface area (Å²) in [5.41, 5.74) is -0.666. The Morgan fingerprint density at radius 2 is 2.04 bits per heavy atom. The molecule has 0 saturated heterocycles. The molecule has 1 amide bonds. The van der Waals surface area contributed by atoms with Crippen molar-refractivity contribution in [2.45, 2.75) is 56.6 Å². The molecule has 1 aliphatic carbocycles. The normalized spacial score (nSPS) is 22.6. The van der Waals surface area contributed by atoms with E-state index in [0.29, 0.717) is 12.8 Å². The maximum Gasteiger partial charge on any atom is 0.408 e. The van der Waals surface area contributed by atoms with Gasteiger partial charge in [-0.3, -0.25) is 4.79 Å². The van der Waals surface area contributed by atoms with Crippen molar-refractivity contribution in [3.05, 3.63) is 0 Å². The lowest BCUT2D eigenvalue weighted by Crippen LogP contribution is -2.45. The molecular weight excluding hydrogens is 342 g/mol. The fourth-order valence-electron chi connectivity index (χ4n) is 2.05. The van der Waals surface area contributed by atoms with Crippen LogP contribution in [0.2, 0.25) is 0 Å². The van der Waals surface area contributed by atoms with Crippen molar-refractivity contribution in [2.24, 2.45) is 0 Å². The van der Waals surface area contributed by atoms with Crippen LogP contribution in [-0.4, -0.2) is 53.7 Å². The van der Waals surface area contributed by atoms with Crippen molar-refractivity contribution in [1.29, 1.82) is 0 Å². The first-order valence-electron chi connectivity index (χ1n) is 7.17. The number of rotatable bonds is 6. The summed E-state index contributed by atoms with van der Waals surface area (Å²) in [6.07, 6.45) is -0.326. The van der Waals surface area contributed by atoms with Crippen LogP contribution in [-0.2, 0) is 23.2 Å². The van der Waals surface area contributed by atoms with Gasteiger partial charge in [0.15, 0.2) is 0 Å². The van der Waals surface area contributed by atoms with Gasteiger partial charge in [-0.2, -0.15) is 11.8 Å². The third-order valence-electron chi connectivity index (χ3n) is 3.06. The predicted octanol–water partition coefficient (Wildman–Crippen LogP) is 1.75. The zero-order chi connectivity index (χ0) is 17.6. The zero-order valence-electron chi connectivity index (χ0n) is 13.7. The third-order valence-corrected chi connectivity index (χ3v) is 4.76. The number of thioether (sulfide) groups is 1. The molecule has 0 heterocycles. The molecule has 0 spiro atoms. The molecule has 0 unspecified atom stereocenters. The predicted molar refractivity (Wildman–Crippen MR) is 89.5 cm³/mol. The van der Waals surface area contributed by atoms with E-state index in [-0.39, 0.29) is 22.9 Å². The van der Waals surface area contributed by atoms with Crippen molar-refractivity contribution < 1.29 is 28.0 Å². The Labute approximate surface area is 145 Å². The van der Waals surface area contributed by atoms with E-state index in [9.17, 15) is 14.4 Å². The van der Waals surface area contributed by atoms with Gasteiger partial charge < -0.3 is 19.0 Å². The van der Waals surface area contributed by atoms with Crippen molar-refractivity contribution in [2.75, 3.05) is 12.9 Å². The second-order valence-electron chi connectivity index (χ2n) is 6.18. The fourth-order valence-corrected chi connectivity index (χ4v) is 3.68. The van der Waals surface area contributed by atoms with Gasteiger partial charge in [-0.1, -0.05) is 0 Å². The summed E-state index contributed by atoms with van der Waals surface area (Å²) in [7, 11) is 1.25. The van der Waals surface area contributed by atoms with Crippen LogP contribution in [0.4, 0.5) is 4.79 Å². The summed E-state index contributed by atoms with van der Waals surface area (Å²) in [5, 5.41) is 2.39. The average molecular weight is 365 g/mol. The lowest BCUT2D eigenvalue weighted by atomic mass is 10.2. The van der Waals surface area contributed by atoms with Gasteiger partial charge in [-0.05, 0) is 33.7 Å². The summed E-state index contributed by atoms with van der Waals surface area (Å²) in [4.78, 5) is 35.1. The van der Waals surface area contributed by atoms with Crippen LogP contribution >= 0.6 is 24.7 Å². The summed E-state index contributed by atoms with van der Waals surface area (Å²) >= 11 is 5.14. The van der Waals surface area contributed by atoms with E-state index in [1.165, 1.54) is 18.9 Å². The zero-order valence-corrected chi connectivity index (χ0v) is 15.4. The van der Waals surface area contributed by atoms with E-state index in [1.807, 2.05) is 0 Å². The first kappa shape index (κ1) is 20.1. The van der Waals surface area contributed by atoms with Crippen LogP contribution in [0.1, 0.15) is 33.6 Å². The largest absolute Gasteiger partial charge is 0.467 e. The summed E-state index contributed by atoms with van der Waals surface area (Å²) in [6.45, 7) is 5.19. The molecule has 0 aromatic heterocycles. The summed E-state index contributed by atoms with van der Waals surface area (Å²) in [5.74, 6) is -0.232. The number of ether oxygens (including phenoxy) is 2. The minimum atomic E-state index is -0.865. The molecular formula is C14H23NO6S2. The number of carbonyl (C=O) groups excluding carboxylic acids is 3. The third kappa shape index (κ3) is 7.01. The molecule has 1 aliphatic rings. The van der Waals surface area contributed by atoms with Gasteiger partial charge in [0.25, 0.3) is 0 Å². The van der Waals surface area contributed by atoms with Crippen LogP contribution in [0.3, 0.4) is 0 Å². The quantitative estimate of drug-likeness (QED) is 0.421. The highest BCUT2D eigenvalue weighted by Gasteiger charge is 2.35. The number of Topliss-reactive ketones (excluding diaryl/α,β-unsaturated/α-hetero) is 1. The average Bonchev–Trinajstić information content (AvgIpc) is 2.80. The molecule has 0 bridgehead atoms. The molecule has 0 aromatic carbocycles. The topological polar surface area (TPSA) is 90.9 Å². The molecule has 0 aromatic rings. The van der Waals surface area contributed by atoms with E-state index in [1.54, 1.807) is 20.8 Å². The second-order valence-corrected chi connectivity index (χ2v) is 7.67. The Morgan fingerprint density at radius 1 is 1.39 bits per heavy atom. The highest BCUT2D eigenvalue weighted by atomic mass is 32.2. The minimum Gasteiger partial charge on any atom is -0.467 e. The van der Waals surface area contributed by atoms with Gasteiger partial charge in [-0.15, -0.1) is 0 Å². The number of methoxy groups -OCH3 is 1. The lowest BCUT2D eigenvalue weighted by molar-refractivity contribution is -0.142. The standard InChI is InChI=1S/C14H23NO6S2/c1-14(2,3)20-13(18)15-9(12(17)19-4)7-23-11-6-8(16)5-10(11)21-22/h9-11,22H,5-7H2,1-4H3,(H,15,18)/t9-,10-,11-/m0/s1. The molecule has 1 N–H and O–H groups in total. The number of alkyl carbamates (subject to hydrolysis) is 1. The second kappa shape index (κ2) is 8.79. The number of thiol groups is 1. The molecule has 1 rings (SSSR count). The first-order chi connectivity index (χ1) is 10.7. The van der Waals surface area contributed by atoms with Crippen molar-refractivity contribution >= 4 is 42.5 Å². The van der Waals surface area contributed by atoms with Crippen molar-refractivity contribution in [3.8, 4) is 0 Å². The van der Waals surface area contributed by atoms with E-state index in [0.717, 1.165) is 0 Å². The molecule has 1 saturated carbocycles. The number of ketones is 1. The summed E-state index contributed by atoms with van der Waals surface area (Å²) in [6, 6.07) is -0.865. The number of nitrogens with one attached hydrogen (secondary N) is 1. The molecule has 7 nitrogen and oxygen atoms in total. The number of carbonyl (C=O) groups is 3. The van der Waals surface area contributed by atoms with E-state index < -0.39 is 23.7 Å². The van der Waals surface area contributed by atoms with Gasteiger partial charge in [0, 0.05) is 23.8 Å². The van der Waals surface area contributed by atoms with E-state index in [4.69, 9.17) is 13.7 Å². The van der Waals surface area contributed by atoms with E-state index >= 15 is 0 Å². The number of hydrogen-bond donors (Lipinski definition) is 2. The summed E-state index contributed by atoms with van der Waals surface area (Å²) < 4.78 is 14.8. The van der Waals surface area contributed by atoms with Gasteiger partial charge in [0.2, 0.25) is 0 Å². The van der Waals surface area contributed by atoms with Gasteiger partial charge >= 0.3 is 12.1 Å². The van der Waals surface area contributed by atoms with Crippen LogP contribution in [0.25, 0.3) is 0 Å². The Kier molecular flexibility index (Phi) is 7.69. The first-order valence-corrected chi connectivity index (χ1v) is 8.58. The minimum absolute atomic E-state index is 0.0938. The maximum atomic E-state index is 11.8. The van der Waals surface area contributed by atoms with E-state index in [2.05, 4.69) is 18.2 Å². The van der Waals surface area contributed by atoms with Crippen LogP contribution < -0.4 is 5.32 Å². The van der Waals surface area contributed by atoms with Crippen molar-refractivity contribution in [3.63, 3.8) is 0 Å². The highest BCUT2D eigenvalue weighted by Crippen LogP contribution is 2.31. The molecule has 132 valence electrons. The number of esters is 1. The van der Waals surface area contributed by atoms with Gasteiger partial charge in [0.05, 0.1) is 13.2 Å². The molecule has 0 radical (unpaired) electrons. The molecule has 1 fully saturated rings. The van der Waals surface area contributed by atoms with Gasteiger partial charge in [-0.25, -0.2) is 9.59 Å². The Hall–Kier alpha value is -0.930. The number of hydrogen-bond acceptors (Lipinski definition) is 8. The van der Waals surface area contributed by atoms with Crippen molar-refractivity contribution in [1.82, 2.24) is 5.32 Å². The number of amides is 1.